The van der Waals surface area contributed by atoms with Gasteiger partial charge in [-0.1, -0.05) is 15.9 Å². The maximum absolute atomic E-state index is 13.5. The van der Waals surface area contributed by atoms with Gasteiger partial charge in [-0.3, -0.25) is 4.21 Å². The molecule has 1 atom stereocenters. The lowest BCUT2D eigenvalue weighted by molar-refractivity contribution is 0.586. The third kappa shape index (κ3) is 2.78. The highest BCUT2D eigenvalue weighted by Crippen LogP contribution is 2.17. The molecule has 0 aliphatic rings. The second kappa shape index (κ2) is 5.05. The first-order valence-electron chi connectivity index (χ1n) is 4.73. The first-order valence-corrected chi connectivity index (χ1v) is 7.08. The highest BCUT2D eigenvalue weighted by atomic mass is 79.9. The minimum absolute atomic E-state index is 0.257. The largest absolute Gasteiger partial charge is 0.302 e. The van der Waals surface area contributed by atoms with Crippen LogP contribution >= 0.6 is 15.9 Å². The van der Waals surface area contributed by atoms with E-state index in [4.69, 9.17) is 0 Å². The van der Waals surface area contributed by atoms with Gasteiger partial charge in [-0.25, -0.2) is 4.39 Å². The molecule has 2 rings (SSSR count). The fourth-order valence-electron chi connectivity index (χ4n) is 1.42. The second-order valence-electron chi connectivity index (χ2n) is 3.43. The minimum atomic E-state index is -1.24. The van der Waals surface area contributed by atoms with Crippen LogP contribution in [0.15, 0.2) is 34.2 Å². The molecule has 0 N–H and O–H groups in total. The van der Waals surface area contributed by atoms with Gasteiger partial charge in [0, 0.05) is 16.3 Å². The molecule has 0 fully saturated rings. The zero-order valence-corrected chi connectivity index (χ0v) is 11.3. The second-order valence-corrected chi connectivity index (χ2v) is 5.62. The Hall–Kier alpha value is -1.08. The smallest absolute Gasteiger partial charge is 0.221 e. The van der Waals surface area contributed by atoms with Gasteiger partial charge in [-0.05, 0) is 18.2 Å². The summed E-state index contributed by atoms with van der Waals surface area (Å²) in [6.07, 6.45) is 2.95. The molecule has 1 aromatic carbocycles. The van der Waals surface area contributed by atoms with Gasteiger partial charge in [-0.2, -0.15) is 0 Å². The number of hydrogen-bond donors (Lipinski definition) is 0. The van der Waals surface area contributed by atoms with Gasteiger partial charge in [0.2, 0.25) is 5.16 Å². The Morgan fingerprint density at radius 2 is 2.29 bits per heavy atom. The average molecular weight is 318 g/mol. The predicted molar refractivity (Wildman–Crippen MR) is 65.6 cm³/mol. The van der Waals surface area contributed by atoms with E-state index in [2.05, 4.69) is 26.1 Å². The van der Waals surface area contributed by atoms with Crippen LogP contribution in [-0.4, -0.2) is 25.2 Å². The fraction of sp³-hybridized carbons (Fsp3) is 0.200. The summed E-state index contributed by atoms with van der Waals surface area (Å²) in [6.45, 7) is 0.257. The van der Waals surface area contributed by atoms with Crippen LogP contribution in [0.5, 0.6) is 0 Å². The van der Waals surface area contributed by atoms with Crippen LogP contribution in [-0.2, 0) is 17.3 Å². The maximum Gasteiger partial charge on any atom is 0.221 e. The maximum atomic E-state index is 13.5. The van der Waals surface area contributed by atoms with Crippen LogP contribution in [0, 0.1) is 5.82 Å². The summed E-state index contributed by atoms with van der Waals surface area (Å²) in [4.78, 5) is 0. The van der Waals surface area contributed by atoms with E-state index in [9.17, 15) is 8.60 Å². The van der Waals surface area contributed by atoms with E-state index in [0.29, 0.717) is 10.7 Å². The SMILES string of the molecule is CS(=O)c1nncn1Cc1cc(Br)ccc1F. The molecule has 4 nitrogen and oxygen atoms in total. The first kappa shape index (κ1) is 12.4. The van der Waals surface area contributed by atoms with E-state index in [1.807, 2.05) is 0 Å². The molecule has 7 heteroatoms. The third-order valence-electron chi connectivity index (χ3n) is 2.19. The lowest BCUT2D eigenvalue weighted by atomic mass is 10.2. The van der Waals surface area contributed by atoms with Gasteiger partial charge < -0.3 is 4.57 Å². The molecule has 2 aromatic rings. The molecule has 0 saturated carbocycles. The number of halogens is 2. The Morgan fingerprint density at radius 1 is 1.53 bits per heavy atom. The quantitative estimate of drug-likeness (QED) is 0.869. The highest BCUT2D eigenvalue weighted by molar-refractivity contribution is 9.10. The van der Waals surface area contributed by atoms with Gasteiger partial charge >= 0.3 is 0 Å². The van der Waals surface area contributed by atoms with Crippen LogP contribution in [0.1, 0.15) is 5.56 Å². The van der Waals surface area contributed by atoms with E-state index in [1.165, 1.54) is 18.6 Å². The van der Waals surface area contributed by atoms with Crippen LogP contribution in [0.4, 0.5) is 4.39 Å². The van der Waals surface area contributed by atoms with E-state index in [-0.39, 0.29) is 12.4 Å². The Balaban J connectivity index is 2.34. The van der Waals surface area contributed by atoms with Gasteiger partial charge in [0.05, 0.1) is 17.3 Å². The summed E-state index contributed by atoms with van der Waals surface area (Å²) in [7, 11) is -1.24. The minimum Gasteiger partial charge on any atom is -0.302 e. The molecule has 0 saturated heterocycles. The standard InChI is InChI=1S/C10H9BrFN3OS/c1-17(16)10-14-13-6-15(10)5-7-4-8(11)2-3-9(7)12/h2-4,6H,5H2,1H3. The van der Waals surface area contributed by atoms with Crippen LogP contribution in [0.3, 0.4) is 0 Å². The topological polar surface area (TPSA) is 47.8 Å². The van der Waals surface area contributed by atoms with E-state index < -0.39 is 10.8 Å². The Morgan fingerprint density at radius 3 is 3.00 bits per heavy atom. The van der Waals surface area contributed by atoms with Crippen molar-refractivity contribution >= 4 is 26.7 Å². The average Bonchev–Trinajstić information content (AvgIpc) is 2.71. The normalized spacial score (nSPS) is 12.6. The molecular formula is C10H9BrFN3OS. The summed E-state index contributed by atoms with van der Waals surface area (Å²) < 4.78 is 27.3. The summed E-state index contributed by atoms with van der Waals surface area (Å²) >= 11 is 3.28. The monoisotopic (exact) mass is 317 g/mol. The molecule has 0 bridgehead atoms. The van der Waals surface area contributed by atoms with Crippen molar-refractivity contribution in [1.29, 1.82) is 0 Å². The van der Waals surface area contributed by atoms with Crippen molar-refractivity contribution in [2.75, 3.05) is 6.26 Å². The molecule has 0 aliphatic heterocycles. The van der Waals surface area contributed by atoms with Gasteiger partial charge in [0.1, 0.15) is 12.1 Å². The molecule has 17 heavy (non-hydrogen) atoms. The summed E-state index contributed by atoms with van der Waals surface area (Å²) in [5.74, 6) is -0.310. The molecule has 1 aromatic heterocycles. The van der Waals surface area contributed by atoms with Crippen molar-refractivity contribution in [2.24, 2.45) is 0 Å². The van der Waals surface area contributed by atoms with Crippen molar-refractivity contribution in [3.8, 4) is 0 Å². The number of aromatic nitrogens is 3. The molecule has 0 spiro atoms. The Kier molecular flexibility index (Phi) is 3.68. The highest BCUT2D eigenvalue weighted by Gasteiger charge is 2.10. The summed E-state index contributed by atoms with van der Waals surface area (Å²) in [6, 6.07) is 4.69. The Labute approximate surface area is 108 Å². The molecule has 90 valence electrons. The Bertz CT molecular complexity index is 572. The molecule has 0 radical (unpaired) electrons. The number of rotatable bonds is 3. The molecular weight excluding hydrogens is 309 g/mol. The number of benzene rings is 1. The summed E-state index contributed by atoms with van der Waals surface area (Å²) in [5.41, 5.74) is 0.492. The van der Waals surface area contributed by atoms with Gasteiger partial charge in [0.15, 0.2) is 0 Å². The third-order valence-corrected chi connectivity index (χ3v) is 3.51. The number of nitrogens with zero attached hydrogens (tertiary/aromatic N) is 3. The zero-order chi connectivity index (χ0) is 12.4. The van der Waals surface area contributed by atoms with Crippen molar-refractivity contribution < 1.29 is 8.60 Å². The van der Waals surface area contributed by atoms with Gasteiger partial charge in [-0.15, -0.1) is 10.2 Å². The summed E-state index contributed by atoms with van der Waals surface area (Å²) in [5, 5.41) is 7.76. The zero-order valence-electron chi connectivity index (χ0n) is 8.93. The molecule has 0 amide bonds. The van der Waals surface area contributed by atoms with Crippen molar-refractivity contribution in [3.05, 3.63) is 40.4 Å². The van der Waals surface area contributed by atoms with Crippen molar-refractivity contribution in [3.63, 3.8) is 0 Å². The molecule has 1 unspecified atom stereocenters. The van der Waals surface area contributed by atoms with Crippen LogP contribution in [0.25, 0.3) is 0 Å². The van der Waals surface area contributed by atoms with E-state index >= 15 is 0 Å². The lowest BCUT2D eigenvalue weighted by Gasteiger charge is -2.06. The number of hydrogen-bond acceptors (Lipinski definition) is 3. The van der Waals surface area contributed by atoms with Crippen LogP contribution < -0.4 is 0 Å². The van der Waals surface area contributed by atoms with Crippen molar-refractivity contribution in [1.82, 2.24) is 14.8 Å². The predicted octanol–water partition coefficient (Wildman–Crippen LogP) is 1.97. The van der Waals surface area contributed by atoms with E-state index in [0.717, 1.165) is 4.47 Å². The van der Waals surface area contributed by atoms with Crippen LogP contribution in [0.2, 0.25) is 0 Å². The van der Waals surface area contributed by atoms with Gasteiger partial charge in [0.25, 0.3) is 0 Å². The fourth-order valence-corrected chi connectivity index (χ4v) is 2.44. The lowest BCUT2D eigenvalue weighted by Crippen LogP contribution is -2.06. The molecule has 0 aliphatic carbocycles. The first-order chi connectivity index (χ1) is 8.08. The molecule has 1 heterocycles. The van der Waals surface area contributed by atoms with E-state index in [1.54, 1.807) is 16.7 Å². The van der Waals surface area contributed by atoms with Crippen molar-refractivity contribution in [2.45, 2.75) is 11.7 Å².